The minimum Gasteiger partial charge on any atom is -0.381 e. The van der Waals surface area contributed by atoms with Crippen molar-refractivity contribution in [3.63, 3.8) is 0 Å². The van der Waals surface area contributed by atoms with E-state index in [1.54, 1.807) is 0 Å². The molecule has 130 valence electrons. The SMILES string of the molecule is CC=CC(O)(CCCCCCCCCCCC)c1ccccc1. The fourth-order valence-corrected chi connectivity index (χ4v) is 3.21. The molecule has 0 aliphatic carbocycles. The van der Waals surface area contributed by atoms with Gasteiger partial charge in [0.25, 0.3) is 0 Å². The average Bonchev–Trinajstić information content (AvgIpc) is 2.58. The van der Waals surface area contributed by atoms with Crippen LogP contribution in [0.2, 0.25) is 0 Å². The standard InChI is InChI=1S/C22H36O/c1-3-5-6-7-8-9-10-11-12-16-20-22(23,19-4-2)21-17-14-13-15-18-21/h4,13-15,17-19,23H,3,5-12,16,20H2,1-2H3. The molecule has 0 radical (unpaired) electrons. The molecule has 1 aromatic rings. The summed E-state index contributed by atoms with van der Waals surface area (Å²) >= 11 is 0. The Kier molecular flexibility index (Phi) is 10.7. The van der Waals surface area contributed by atoms with Gasteiger partial charge in [0.2, 0.25) is 0 Å². The Hall–Kier alpha value is -1.08. The minimum absolute atomic E-state index is 0.795. The van der Waals surface area contributed by atoms with E-state index in [2.05, 4.69) is 6.92 Å². The first kappa shape index (κ1) is 20.0. The van der Waals surface area contributed by atoms with Gasteiger partial charge in [0, 0.05) is 0 Å². The van der Waals surface area contributed by atoms with Crippen LogP contribution in [0.1, 0.15) is 90.0 Å². The van der Waals surface area contributed by atoms with Crippen molar-refractivity contribution < 1.29 is 5.11 Å². The van der Waals surface area contributed by atoms with Crippen molar-refractivity contribution >= 4 is 0 Å². The van der Waals surface area contributed by atoms with Gasteiger partial charge in [-0.3, -0.25) is 0 Å². The summed E-state index contributed by atoms with van der Waals surface area (Å²) in [5.41, 5.74) is 0.213. The molecule has 0 aromatic heterocycles. The van der Waals surface area contributed by atoms with Gasteiger partial charge in [0.05, 0.1) is 0 Å². The van der Waals surface area contributed by atoms with Gasteiger partial charge < -0.3 is 5.11 Å². The molecule has 1 aromatic carbocycles. The number of rotatable bonds is 13. The van der Waals surface area contributed by atoms with E-state index in [4.69, 9.17) is 0 Å². The summed E-state index contributed by atoms with van der Waals surface area (Å²) in [6.45, 7) is 4.25. The summed E-state index contributed by atoms with van der Waals surface area (Å²) in [5.74, 6) is 0. The molecule has 0 spiro atoms. The molecule has 1 heteroatoms. The molecule has 0 heterocycles. The highest BCUT2D eigenvalue weighted by molar-refractivity contribution is 5.27. The number of hydrogen-bond donors (Lipinski definition) is 1. The molecule has 0 aliphatic rings. The summed E-state index contributed by atoms with van der Waals surface area (Å²) in [7, 11) is 0. The second-order valence-corrected chi connectivity index (χ2v) is 6.72. The quantitative estimate of drug-likeness (QED) is 0.315. The zero-order valence-electron chi connectivity index (χ0n) is 15.3. The Labute approximate surface area is 143 Å². The van der Waals surface area contributed by atoms with Crippen LogP contribution < -0.4 is 0 Å². The van der Waals surface area contributed by atoms with E-state index >= 15 is 0 Å². The summed E-state index contributed by atoms with van der Waals surface area (Å²) in [6, 6.07) is 10.1. The van der Waals surface area contributed by atoms with Crippen molar-refractivity contribution in [3.8, 4) is 0 Å². The highest BCUT2D eigenvalue weighted by atomic mass is 16.3. The monoisotopic (exact) mass is 316 g/mol. The van der Waals surface area contributed by atoms with Gasteiger partial charge in [-0.2, -0.15) is 0 Å². The molecule has 1 rings (SSSR count). The van der Waals surface area contributed by atoms with Crippen LogP contribution in [0.15, 0.2) is 42.5 Å². The Morgan fingerprint density at radius 2 is 1.35 bits per heavy atom. The number of allylic oxidation sites excluding steroid dienone is 1. The maximum atomic E-state index is 10.9. The molecule has 1 nitrogen and oxygen atoms in total. The maximum Gasteiger partial charge on any atom is 0.108 e. The van der Waals surface area contributed by atoms with Crippen molar-refractivity contribution in [2.75, 3.05) is 0 Å². The molecule has 0 fully saturated rings. The first-order valence-corrected chi connectivity index (χ1v) is 9.64. The minimum atomic E-state index is -0.795. The first-order valence-electron chi connectivity index (χ1n) is 9.64. The molecule has 1 atom stereocenters. The van der Waals surface area contributed by atoms with E-state index < -0.39 is 5.60 Å². The fourth-order valence-electron chi connectivity index (χ4n) is 3.21. The van der Waals surface area contributed by atoms with Crippen LogP contribution in [-0.4, -0.2) is 5.11 Å². The van der Waals surface area contributed by atoms with Crippen LogP contribution in [-0.2, 0) is 5.60 Å². The van der Waals surface area contributed by atoms with E-state index in [9.17, 15) is 5.11 Å². The van der Waals surface area contributed by atoms with Gasteiger partial charge in [-0.25, -0.2) is 0 Å². The predicted molar refractivity (Wildman–Crippen MR) is 102 cm³/mol. The lowest BCUT2D eigenvalue weighted by molar-refractivity contribution is 0.0762. The highest BCUT2D eigenvalue weighted by Crippen LogP contribution is 2.29. The molecular formula is C22H36O. The fraction of sp³-hybridized carbons (Fsp3) is 0.636. The predicted octanol–water partition coefficient (Wildman–Crippen LogP) is 6.76. The van der Waals surface area contributed by atoms with E-state index in [1.807, 2.05) is 49.4 Å². The topological polar surface area (TPSA) is 20.2 Å². The third kappa shape index (κ3) is 8.37. The third-order valence-electron chi connectivity index (χ3n) is 4.63. The molecule has 0 saturated carbocycles. The van der Waals surface area contributed by atoms with Crippen LogP contribution in [0.25, 0.3) is 0 Å². The molecule has 23 heavy (non-hydrogen) atoms. The number of hydrogen-bond acceptors (Lipinski definition) is 1. The van der Waals surface area contributed by atoms with Crippen molar-refractivity contribution in [2.45, 2.75) is 90.1 Å². The normalized spacial score (nSPS) is 14.2. The molecular weight excluding hydrogens is 280 g/mol. The molecule has 0 bridgehead atoms. The lowest BCUT2D eigenvalue weighted by atomic mass is 9.87. The first-order chi connectivity index (χ1) is 11.2. The van der Waals surface area contributed by atoms with Gasteiger partial charge >= 0.3 is 0 Å². The lowest BCUT2D eigenvalue weighted by Crippen LogP contribution is -2.22. The Bertz CT molecular complexity index is 409. The molecule has 1 unspecified atom stereocenters. The summed E-state index contributed by atoms with van der Waals surface area (Å²) in [4.78, 5) is 0. The smallest absolute Gasteiger partial charge is 0.108 e. The van der Waals surface area contributed by atoms with E-state index in [0.717, 1.165) is 18.4 Å². The lowest BCUT2D eigenvalue weighted by Gasteiger charge is -2.25. The highest BCUT2D eigenvalue weighted by Gasteiger charge is 2.24. The average molecular weight is 317 g/mol. The molecule has 0 aliphatic heterocycles. The van der Waals surface area contributed by atoms with E-state index in [0.29, 0.717) is 0 Å². The summed E-state index contributed by atoms with van der Waals surface area (Å²) in [6.07, 6.45) is 18.0. The van der Waals surface area contributed by atoms with Crippen molar-refractivity contribution in [3.05, 3.63) is 48.0 Å². The number of benzene rings is 1. The zero-order chi connectivity index (χ0) is 16.8. The summed E-state index contributed by atoms with van der Waals surface area (Å²) in [5, 5.41) is 10.9. The molecule has 0 saturated heterocycles. The van der Waals surface area contributed by atoms with Crippen LogP contribution >= 0.6 is 0 Å². The van der Waals surface area contributed by atoms with Crippen molar-refractivity contribution in [2.24, 2.45) is 0 Å². The second-order valence-electron chi connectivity index (χ2n) is 6.72. The van der Waals surface area contributed by atoms with Gasteiger partial charge in [0.15, 0.2) is 0 Å². The van der Waals surface area contributed by atoms with E-state index in [1.165, 1.54) is 57.8 Å². The number of aliphatic hydroxyl groups is 1. The second kappa shape index (κ2) is 12.4. The maximum absolute atomic E-state index is 10.9. The Balaban J connectivity index is 2.19. The Morgan fingerprint density at radius 3 is 1.87 bits per heavy atom. The Morgan fingerprint density at radius 1 is 0.826 bits per heavy atom. The largest absolute Gasteiger partial charge is 0.381 e. The molecule has 0 amide bonds. The zero-order valence-corrected chi connectivity index (χ0v) is 15.3. The van der Waals surface area contributed by atoms with Gasteiger partial charge in [-0.1, -0.05) is 107 Å². The van der Waals surface area contributed by atoms with Crippen LogP contribution in [0.5, 0.6) is 0 Å². The summed E-state index contributed by atoms with van der Waals surface area (Å²) < 4.78 is 0. The van der Waals surface area contributed by atoms with Crippen molar-refractivity contribution in [1.82, 2.24) is 0 Å². The van der Waals surface area contributed by atoms with Crippen molar-refractivity contribution in [1.29, 1.82) is 0 Å². The van der Waals surface area contributed by atoms with Gasteiger partial charge in [0.1, 0.15) is 5.60 Å². The van der Waals surface area contributed by atoms with Crippen LogP contribution in [0.4, 0.5) is 0 Å². The third-order valence-corrected chi connectivity index (χ3v) is 4.63. The van der Waals surface area contributed by atoms with Gasteiger partial charge in [-0.05, 0) is 25.3 Å². The van der Waals surface area contributed by atoms with Crippen LogP contribution in [0, 0.1) is 0 Å². The van der Waals surface area contributed by atoms with Gasteiger partial charge in [-0.15, -0.1) is 0 Å². The molecule has 1 N–H and O–H groups in total. The van der Waals surface area contributed by atoms with E-state index in [-0.39, 0.29) is 0 Å². The number of unbranched alkanes of at least 4 members (excludes halogenated alkanes) is 9. The van der Waals surface area contributed by atoms with Crippen LogP contribution in [0.3, 0.4) is 0 Å².